The zero-order valence-electron chi connectivity index (χ0n) is 14.6. The van der Waals surface area contributed by atoms with E-state index < -0.39 is 5.60 Å². The van der Waals surface area contributed by atoms with Gasteiger partial charge in [-0.2, -0.15) is 0 Å². The molecule has 0 aromatic heterocycles. The van der Waals surface area contributed by atoms with Gasteiger partial charge in [-0.05, 0) is 50.0 Å². The van der Waals surface area contributed by atoms with Gasteiger partial charge >= 0.3 is 6.09 Å². The van der Waals surface area contributed by atoms with Gasteiger partial charge in [0.25, 0.3) is 0 Å². The Hall–Kier alpha value is -2.07. The number of morpholine rings is 1. The number of fused-ring (bicyclic) bond motifs is 2. The van der Waals surface area contributed by atoms with Gasteiger partial charge in [-0.3, -0.25) is 4.90 Å². The Kier molecular flexibility index (Phi) is 4.50. The molecule has 2 aliphatic rings. The van der Waals surface area contributed by atoms with E-state index in [2.05, 4.69) is 24.8 Å². The monoisotopic (exact) mass is 327 g/mol. The summed E-state index contributed by atoms with van der Waals surface area (Å²) in [5.41, 5.74) is 3.06. The van der Waals surface area contributed by atoms with Gasteiger partial charge in [-0.15, -0.1) is 0 Å². The molecule has 4 nitrogen and oxygen atoms in total. The average Bonchev–Trinajstić information content (AvgIpc) is 2.52. The highest BCUT2D eigenvalue weighted by Crippen LogP contribution is 2.33. The number of benzene rings is 1. The quantitative estimate of drug-likeness (QED) is 0.820. The summed E-state index contributed by atoms with van der Waals surface area (Å²) in [5, 5.41) is 0. The summed E-state index contributed by atoms with van der Waals surface area (Å²) in [5.74, 6) is 0. The summed E-state index contributed by atoms with van der Waals surface area (Å²) in [6.07, 6.45) is 4.51. The Morgan fingerprint density at radius 1 is 1.38 bits per heavy atom. The van der Waals surface area contributed by atoms with Crippen molar-refractivity contribution < 1.29 is 14.3 Å². The topological polar surface area (TPSA) is 38.8 Å². The van der Waals surface area contributed by atoms with Crippen LogP contribution in [-0.2, 0) is 9.47 Å². The predicted molar refractivity (Wildman–Crippen MR) is 95.6 cm³/mol. The Balaban J connectivity index is 1.87. The number of carbonyl (C=O) groups is 1. The van der Waals surface area contributed by atoms with Crippen molar-refractivity contribution in [2.45, 2.75) is 44.9 Å². The molecule has 24 heavy (non-hydrogen) atoms. The van der Waals surface area contributed by atoms with Gasteiger partial charge in [-0.25, -0.2) is 4.79 Å². The highest BCUT2D eigenvalue weighted by molar-refractivity contribution is 5.75. The molecular weight excluding hydrogens is 302 g/mol. The first-order chi connectivity index (χ1) is 11.4. The van der Waals surface area contributed by atoms with E-state index in [9.17, 15) is 4.79 Å². The smallest absolute Gasteiger partial charge is 0.411 e. The lowest BCUT2D eigenvalue weighted by Crippen LogP contribution is -2.57. The van der Waals surface area contributed by atoms with E-state index in [1.54, 1.807) is 0 Å². The standard InChI is InChI=1S/C20H25NO3/c1-5-14-7-6-8-15(9-14)16-10-17-12-23-13-18(11-16)21(17)19(22)24-20(2,3)4/h5-10,17-18H,1,11-13H2,2-4H3. The fourth-order valence-corrected chi connectivity index (χ4v) is 3.27. The van der Waals surface area contributed by atoms with Crippen molar-refractivity contribution in [1.29, 1.82) is 0 Å². The second-order valence-electron chi connectivity index (χ2n) is 7.37. The van der Waals surface area contributed by atoms with Crippen molar-refractivity contribution >= 4 is 17.7 Å². The van der Waals surface area contributed by atoms with E-state index in [4.69, 9.17) is 9.47 Å². The third-order valence-corrected chi connectivity index (χ3v) is 4.30. The Bertz CT molecular complexity index is 672. The molecular formula is C20H25NO3. The third-order valence-electron chi connectivity index (χ3n) is 4.30. The molecule has 4 heteroatoms. The molecule has 3 rings (SSSR count). The maximum Gasteiger partial charge on any atom is 0.411 e. The van der Waals surface area contributed by atoms with Crippen molar-refractivity contribution in [3.8, 4) is 0 Å². The normalized spacial score (nSPS) is 23.5. The van der Waals surface area contributed by atoms with E-state index in [1.165, 1.54) is 11.1 Å². The van der Waals surface area contributed by atoms with Crippen molar-refractivity contribution in [3.05, 3.63) is 48.0 Å². The van der Waals surface area contributed by atoms with Gasteiger partial charge < -0.3 is 9.47 Å². The maximum absolute atomic E-state index is 12.6. The number of hydrogen-bond donors (Lipinski definition) is 0. The van der Waals surface area contributed by atoms with Gasteiger partial charge in [0, 0.05) is 0 Å². The fourth-order valence-electron chi connectivity index (χ4n) is 3.27. The summed E-state index contributed by atoms with van der Waals surface area (Å²) in [6, 6.07) is 8.27. The zero-order chi connectivity index (χ0) is 17.3. The largest absolute Gasteiger partial charge is 0.444 e. The van der Waals surface area contributed by atoms with Crippen molar-refractivity contribution in [2.75, 3.05) is 13.2 Å². The Morgan fingerprint density at radius 2 is 2.17 bits per heavy atom. The van der Waals surface area contributed by atoms with Crippen LogP contribution in [0, 0.1) is 0 Å². The highest BCUT2D eigenvalue weighted by atomic mass is 16.6. The maximum atomic E-state index is 12.6. The first-order valence-electron chi connectivity index (χ1n) is 8.40. The van der Waals surface area contributed by atoms with Crippen molar-refractivity contribution in [2.24, 2.45) is 0 Å². The lowest BCUT2D eigenvalue weighted by molar-refractivity contribution is -0.0510. The number of amides is 1. The van der Waals surface area contributed by atoms with E-state index in [1.807, 2.05) is 43.9 Å². The van der Waals surface area contributed by atoms with Crippen LogP contribution >= 0.6 is 0 Å². The van der Waals surface area contributed by atoms with E-state index in [0.29, 0.717) is 13.2 Å². The van der Waals surface area contributed by atoms with Gasteiger partial charge in [0.15, 0.2) is 0 Å². The summed E-state index contributed by atoms with van der Waals surface area (Å²) < 4.78 is 11.2. The van der Waals surface area contributed by atoms with Crippen LogP contribution in [0.4, 0.5) is 4.79 Å². The molecule has 2 atom stereocenters. The summed E-state index contributed by atoms with van der Waals surface area (Å²) in [7, 11) is 0. The SMILES string of the molecule is C=Cc1cccc(C2=CC3COCC(C2)N3C(=O)OC(C)(C)C)c1. The van der Waals surface area contributed by atoms with Gasteiger partial charge in [0.05, 0.1) is 25.3 Å². The molecule has 1 saturated heterocycles. The highest BCUT2D eigenvalue weighted by Gasteiger charge is 2.40. The molecule has 1 aromatic carbocycles. The van der Waals surface area contributed by atoms with Crippen LogP contribution in [0.1, 0.15) is 38.3 Å². The summed E-state index contributed by atoms with van der Waals surface area (Å²) >= 11 is 0. The molecule has 2 heterocycles. The molecule has 2 unspecified atom stereocenters. The lowest BCUT2D eigenvalue weighted by Gasteiger charge is -2.44. The van der Waals surface area contributed by atoms with Crippen LogP contribution in [0.25, 0.3) is 11.6 Å². The summed E-state index contributed by atoms with van der Waals surface area (Å²) in [6.45, 7) is 10.6. The molecule has 0 spiro atoms. The van der Waals surface area contributed by atoms with Crippen LogP contribution in [0.3, 0.4) is 0 Å². The molecule has 0 saturated carbocycles. The molecule has 1 aromatic rings. The third kappa shape index (κ3) is 3.54. The summed E-state index contributed by atoms with van der Waals surface area (Å²) in [4.78, 5) is 14.4. The number of rotatable bonds is 2. The van der Waals surface area contributed by atoms with E-state index in [0.717, 1.165) is 12.0 Å². The molecule has 0 aliphatic carbocycles. The van der Waals surface area contributed by atoms with Gasteiger partial charge in [0.1, 0.15) is 5.60 Å². The van der Waals surface area contributed by atoms with Crippen LogP contribution in [0.15, 0.2) is 36.9 Å². The molecule has 1 fully saturated rings. The zero-order valence-corrected chi connectivity index (χ0v) is 14.6. The first-order valence-corrected chi connectivity index (χ1v) is 8.40. The molecule has 2 bridgehead atoms. The van der Waals surface area contributed by atoms with Crippen LogP contribution in [0.5, 0.6) is 0 Å². The second-order valence-corrected chi connectivity index (χ2v) is 7.37. The Morgan fingerprint density at radius 3 is 2.83 bits per heavy atom. The van der Waals surface area contributed by atoms with Crippen molar-refractivity contribution in [3.63, 3.8) is 0 Å². The number of ether oxygens (including phenoxy) is 2. The number of nitrogens with zero attached hydrogens (tertiary/aromatic N) is 1. The van der Waals surface area contributed by atoms with E-state index in [-0.39, 0.29) is 18.2 Å². The molecule has 1 amide bonds. The molecule has 128 valence electrons. The molecule has 2 aliphatic heterocycles. The molecule has 0 N–H and O–H groups in total. The van der Waals surface area contributed by atoms with Crippen LogP contribution in [0.2, 0.25) is 0 Å². The number of carbonyl (C=O) groups excluding carboxylic acids is 1. The second kappa shape index (κ2) is 6.44. The minimum absolute atomic E-state index is 0.0194. The predicted octanol–water partition coefficient (Wildman–Crippen LogP) is 4.12. The minimum atomic E-state index is -0.492. The minimum Gasteiger partial charge on any atom is -0.444 e. The van der Waals surface area contributed by atoms with Gasteiger partial charge in [0.2, 0.25) is 0 Å². The van der Waals surface area contributed by atoms with Crippen molar-refractivity contribution in [1.82, 2.24) is 4.90 Å². The van der Waals surface area contributed by atoms with E-state index >= 15 is 0 Å². The first kappa shape index (κ1) is 16.8. The number of hydrogen-bond acceptors (Lipinski definition) is 3. The lowest BCUT2D eigenvalue weighted by atomic mass is 9.89. The van der Waals surface area contributed by atoms with Gasteiger partial charge in [-0.1, -0.05) is 36.9 Å². The Labute approximate surface area is 143 Å². The average molecular weight is 327 g/mol. The van der Waals surface area contributed by atoms with Crippen LogP contribution in [-0.4, -0.2) is 41.9 Å². The fraction of sp³-hybridized carbons (Fsp3) is 0.450. The molecule has 0 radical (unpaired) electrons. The van der Waals surface area contributed by atoms with Crippen LogP contribution < -0.4 is 0 Å².